The Labute approximate surface area is 151 Å². The van der Waals surface area contributed by atoms with Crippen LogP contribution in [0.15, 0.2) is 48.5 Å². The lowest BCUT2D eigenvalue weighted by Gasteiger charge is -2.14. The third kappa shape index (κ3) is 4.83. The maximum atomic E-state index is 12.2. The number of carbonyl (C=O) groups excluding carboxylic acids is 3. The van der Waals surface area contributed by atoms with Crippen LogP contribution in [-0.4, -0.2) is 31.0 Å². The zero-order valence-corrected chi connectivity index (χ0v) is 14.7. The molecule has 2 amide bonds. The SMILES string of the molecule is COc1cc(C(=O)O[C@H](C)C(=O)NNC(=O)c2ccccc2)ccc1C. The zero-order chi connectivity index (χ0) is 19.1. The highest BCUT2D eigenvalue weighted by molar-refractivity contribution is 5.96. The molecule has 0 saturated carbocycles. The Balaban J connectivity index is 1.90. The van der Waals surface area contributed by atoms with Gasteiger partial charge in [-0.3, -0.25) is 20.4 Å². The Morgan fingerprint density at radius 3 is 2.31 bits per heavy atom. The first kappa shape index (κ1) is 19.0. The molecule has 0 aliphatic rings. The summed E-state index contributed by atoms with van der Waals surface area (Å²) >= 11 is 0. The molecule has 0 unspecified atom stereocenters. The van der Waals surface area contributed by atoms with Crippen LogP contribution in [0, 0.1) is 6.92 Å². The van der Waals surface area contributed by atoms with E-state index in [1.165, 1.54) is 14.0 Å². The van der Waals surface area contributed by atoms with Crippen molar-refractivity contribution >= 4 is 17.8 Å². The van der Waals surface area contributed by atoms with Crippen LogP contribution in [-0.2, 0) is 9.53 Å². The van der Waals surface area contributed by atoms with Gasteiger partial charge in [0.1, 0.15) is 5.75 Å². The number of amides is 2. The fourth-order valence-corrected chi connectivity index (χ4v) is 2.11. The molecule has 0 bridgehead atoms. The number of esters is 1. The summed E-state index contributed by atoms with van der Waals surface area (Å²) in [4.78, 5) is 36.0. The highest BCUT2D eigenvalue weighted by Gasteiger charge is 2.20. The van der Waals surface area contributed by atoms with Crippen LogP contribution in [0.25, 0.3) is 0 Å². The summed E-state index contributed by atoms with van der Waals surface area (Å²) in [6.07, 6.45) is -1.09. The number of methoxy groups -OCH3 is 1. The van der Waals surface area contributed by atoms with Crippen LogP contribution in [0.2, 0.25) is 0 Å². The second-order valence-electron chi connectivity index (χ2n) is 5.54. The molecule has 0 saturated heterocycles. The average Bonchev–Trinajstić information content (AvgIpc) is 2.66. The summed E-state index contributed by atoms with van der Waals surface area (Å²) in [5.41, 5.74) is 6.03. The summed E-state index contributed by atoms with van der Waals surface area (Å²) in [7, 11) is 1.50. The Kier molecular flexibility index (Phi) is 6.32. The van der Waals surface area contributed by atoms with Crippen LogP contribution < -0.4 is 15.6 Å². The second kappa shape index (κ2) is 8.66. The summed E-state index contributed by atoms with van der Waals surface area (Å²) in [5, 5.41) is 0. The van der Waals surface area contributed by atoms with Crippen molar-refractivity contribution in [1.82, 2.24) is 10.9 Å². The molecule has 0 fully saturated rings. The molecule has 7 heteroatoms. The van der Waals surface area contributed by atoms with Gasteiger partial charge in [0.05, 0.1) is 12.7 Å². The van der Waals surface area contributed by atoms with Crippen molar-refractivity contribution in [2.24, 2.45) is 0 Å². The fourth-order valence-electron chi connectivity index (χ4n) is 2.11. The zero-order valence-electron chi connectivity index (χ0n) is 14.7. The van der Waals surface area contributed by atoms with Gasteiger partial charge in [0.15, 0.2) is 6.10 Å². The van der Waals surface area contributed by atoms with Crippen LogP contribution in [0.1, 0.15) is 33.2 Å². The number of ether oxygens (including phenoxy) is 2. The molecule has 136 valence electrons. The maximum Gasteiger partial charge on any atom is 0.339 e. The molecule has 0 heterocycles. The van der Waals surface area contributed by atoms with E-state index in [0.29, 0.717) is 11.3 Å². The van der Waals surface area contributed by atoms with E-state index in [2.05, 4.69) is 10.9 Å². The fraction of sp³-hybridized carbons (Fsp3) is 0.211. The third-order valence-corrected chi connectivity index (χ3v) is 3.63. The van der Waals surface area contributed by atoms with Gasteiger partial charge in [0, 0.05) is 5.56 Å². The van der Waals surface area contributed by atoms with Crippen molar-refractivity contribution in [2.45, 2.75) is 20.0 Å². The molecule has 1 atom stereocenters. The Morgan fingerprint density at radius 2 is 1.65 bits per heavy atom. The maximum absolute atomic E-state index is 12.2. The quantitative estimate of drug-likeness (QED) is 0.631. The van der Waals surface area contributed by atoms with Crippen molar-refractivity contribution in [3.05, 3.63) is 65.2 Å². The Bertz CT molecular complexity index is 805. The number of hydrazine groups is 1. The lowest BCUT2D eigenvalue weighted by molar-refractivity contribution is -0.129. The lowest BCUT2D eigenvalue weighted by atomic mass is 10.1. The van der Waals surface area contributed by atoms with Crippen LogP contribution >= 0.6 is 0 Å². The molecule has 7 nitrogen and oxygen atoms in total. The van der Waals surface area contributed by atoms with Gasteiger partial charge >= 0.3 is 5.97 Å². The van der Waals surface area contributed by atoms with Gasteiger partial charge in [-0.1, -0.05) is 24.3 Å². The minimum atomic E-state index is -1.09. The number of hydrogen-bond donors (Lipinski definition) is 2. The monoisotopic (exact) mass is 356 g/mol. The summed E-state index contributed by atoms with van der Waals surface area (Å²) in [6, 6.07) is 13.2. The van der Waals surface area contributed by atoms with Crippen LogP contribution in [0.3, 0.4) is 0 Å². The van der Waals surface area contributed by atoms with Crippen molar-refractivity contribution in [3.63, 3.8) is 0 Å². The first-order valence-corrected chi connectivity index (χ1v) is 7.93. The van der Waals surface area contributed by atoms with E-state index in [-0.39, 0.29) is 5.56 Å². The molecular weight excluding hydrogens is 336 g/mol. The normalized spacial score (nSPS) is 11.2. The van der Waals surface area contributed by atoms with E-state index in [4.69, 9.17) is 9.47 Å². The molecule has 0 aliphatic heterocycles. The number of carbonyl (C=O) groups is 3. The topological polar surface area (TPSA) is 93.7 Å². The van der Waals surface area contributed by atoms with Gasteiger partial charge < -0.3 is 9.47 Å². The van der Waals surface area contributed by atoms with Crippen molar-refractivity contribution in [2.75, 3.05) is 7.11 Å². The van der Waals surface area contributed by atoms with Gasteiger partial charge in [-0.05, 0) is 43.7 Å². The molecule has 0 radical (unpaired) electrons. The average molecular weight is 356 g/mol. The highest BCUT2D eigenvalue weighted by Crippen LogP contribution is 2.19. The predicted octanol–water partition coefficient (Wildman–Crippen LogP) is 2.01. The second-order valence-corrected chi connectivity index (χ2v) is 5.54. The van der Waals surface area contributed by atoms with E-state index in [0.717, 1.165) is 5.56 Å². The molecule has 26 heavy (non-hydrogen) atoms. The predicted molar refractivity (Wildman–Crippen MR) is 94.7 cm³/mol. The summed E-state index contributed by atoms with van der Waals surface area (Å²) < 4.78 is 10.3. The number of nitrogens with one attached hydrogen (secondary N) is 2. The molecule has 0 aromatic heterocycles. The molecule has 2 rings (SSSR count). The molecule has 0 spiro atoms. The molecule has 2 N–H and O–H groups in total. The molecule has 2 aromatic carbocycles. The van der Waals surface area contributed by atoms with E-state index >= 15 is 0 Å². The minimum absolute atomic E-state index is 0.264. The van der Waals surface area contributed by atoms with E-state index in [1.54, 1.807) is 48.5 Å². The first-order chi connectivity index (χ1) is 12.4. The van der Waals surface area contributed by atoms with Gasteiger partial charge in [-0.15, -0.1) is 0 Å². The number of hydrogen-bond acceptors (Lipinski definition) is 5. The smallest absolute Gasteiger partial charge is 0.339 e. The van der Waals surface area contributed by atoms with E-state index in [9.17, 15) is 14.4 Å². The number of aryl methyl sites for hydroxylation is 1. The van der Waals surface area contributed by atoms with Crippen LogP contribution in [0.4, 0.5) is 0 Å². The van der Waals surface area contributed by atoms with Crippen molar-refractivity contribution < 1.29 is 23.9 Å². The molecule has 0 aliphatic carbocycles. The van der Waals surface area contributed by atoms with E-state index in [1.807, 2.05) is 6.92 Å². The highest BCUT2D eigenvalue weighted by atomic mass is 16.5. The van der Waals surface area contributed by atoms with Crippen molar-refractivity contribution in [1.29, 1.82) is 0 Å². The number of benzene rings is 2. The van der Waals surface area contributed by atoms with Crippen LogP contribution in [0.5, 0.6) is 5.75 Å². The van der Waals surface area contributed by atoms with Gasteiger partial charge in [0.25, 0.3) is 11.8 Å². The van der Waals surface area contributed by atoms with E-state index < -0.39 is 23.9 Å². The largest absolute Gasteiger partial charge is 0.496 e. The van der Waals surface area contributed by atoms with Gasteiger partial charge in [0.2, 0.25) is 0 Å². The Hall–Kier alpha value is -3.35. The first-order valence-electron chi connectivity index (χ1n) is 7.93. The number of rotatable bonds is 5. The summed E-state index contributed by atoms with van der Waals surface area (Å²) in [5.74, 6) is -1.24. The lowest BCUT2D eigenvalue weighted by Crippen LogP contribution is -2.46. The Morgan fingerprint density at radius 1 is 0.962 bits per heavy atom. The standard InChI is InChI=1S/C19H20N2O5/c1-12-9-10-15(11-16(12)25-3)19(24)26-13(2)17(22)20-21-18(23)14-7-5-4-6-8-14/h4-11,13H,1-3H3,(H,20,22)(H,21,23)/t13-/m1/s1. The van der Waals surface area contributed by atoms with Gasteiger partial charge in [-0.2, -0.15) is 0 Å². The summed E-state index contributed by atoms with van der Waals surface area (Å²) in [6.45, 7) is 3.26. The third-order valence-electron chi connectivity index (χ3n) is 3.63. The van der Waals surface area contributed by atoms with Gasteiger partial charge in [-0.25, -0.2) is 4.79 Å². The van der Waals surface area contributed by atoms with Crippen molar-refractivity contribution in [3.8, 4) is 5.75 Å². The molecular formula is C19H20N2O5. The molecule has 2 aromatic rings. The minimum Gasteiger partial charge on any atom is -0.496 e.